The number of unbranched alkanes of at least 4 members (excludes halogenated alkanes) is 1. The van der Waals surface area contributed by atoms with Crippen LogP contribution in [0.2, 0.25) is 0 Å². The Bertz CT molecular complexity index is 1710. The van der Waals surface area contributed by atoms with Crippen LogP contribution in [0.4, 0.5) is 9.59 Å². The quantitative estimate of drug-likeness (QED) is 0.0168. The molecule has 1 rings (SSSR count). The fourth-order valence-electron chi connectivity index (χ4n) is 5.52. The van der Waals surface area contributed by atoms with Crippen molar-refractivity contribution in [3.05, 3.63) is 35.4 Å². The SMILES string of the molecule is C[C@H](CCCCNC(=O)NCc1ccc(CC(=O)N[C@@H](CCCN=C(N)N)C(=O)N[C@@H](CCCN=C(N)N)C(=O)N[C@@H](CS)C(=O)O)cc1)NC(=O)N[C@@H](CCC(=O)O)C(=O)O. The molecule has 0 aliphatic heterocycles. The highest BCUT2D eigenvalue weighted by atomic mass is 32.1. The molecule has 5 atom stereocenters. The normalized spacial score (nSPS) is 13.0. The van der Waals surface area contributed by atoms with E-state index in [1.807, 2.05) is 0 Å². The van der Waals surface area contributed by atoms with Crippen molar-refractivity contribution >= 4 is 72.2 Å². The van der Waals surface area contributed by atoms with Crippen molar-refractivity contribution in [1.29, 1.82) is 0 Å². The zero-order valence-corrected chi connectivity index (χ0v) is 35.5. The van der Waals surface area contributed by atoms with E-state index in [2.05, 4.69) is 59.8 Å². The molecule has 0 saturated heterocycles. The van der Waals surface area contributed by atoms with Gasteiger partial charge in [-0.3, -0.25) is 29.2 Å². The molecular weight excluding hydrogens is 835 g/mol. The van der Waals surface area contributed by atoms with Crippen LogP contribution in [0.25, 0.3) is 0 Å². The maximum absolute atomic E-state index is 13.5. The van der Waals surface area contributed by atoms with Crippen molar-refractivity contribution in [2.24, 2.45) is 32.9 Å². The third kappa shape index (κ3) is 24.5. The molecule has 24 nitrogen and oxygen atoms in total. The molecule has 0 fully saturated rings. The number of nitrogens with zero attached hydrogens (tertiary/aromatic N) is 2. The second-order valence-electron chi connectivity index (χ2n) is 14.1. The molecule has 18 N–H and O–H groups in total. The third-order valence-electron chi connectivity index (χ3n) is 8.79. The molecule has 0 aliphatic carbocycles. The van der Waals surface area contributed by atoms with Gasteiger partial charge in [0, 0.05) is 44.4 Å². The Morgan fingerprint density at radius 2 is 1.15 bits per heavy atom. The fourth-order valence-corrected chi connectivity index (χ4v) is 5.77. The first kappa shape index (κ1) is 53.5. The van der Waals surface area contributed by atoms with Gasteiger partial charge in [-0.25, -0.2) is 19.2 Å². The summed E-state index contributed by atoms with van der Waals surface area (Å²) in [6.45, 7) is 2.53. The summed E-state index contributed by atoms with van der Waals surface area (Å²) in [7, 11) is 0. The molecule has 25 heteroatoms. The third-order valence-corrected chi connectivity index (χ3v) is 9.16. The summed E-state index contributed by atoms with van der Waals surface area (Å²) < 4.78 is 0. The summed E-state index contributed by atoms with van der Waals surface area (Å²) in [6.07, 6.45) is 1.63. The van der Waals surface area contributed by atoms with Crippen molar-refractivity contribution in [3.63, 3.8) is 0 Å². The van der Waals surface area contributed by atoms with Crippen molar-refractivity contribution < 1.29 is 53.7 Å². The van der Waals surface area contributed by atoms with Gasteiger partial charge in [-0.15, -0.1) is 0 Å². The standard InChI is InChI=1S/C37H61N13O11S/c1-21(46-37(61)50-26(32(56)57)13-14-29(52)53)6-2-3-15-44-36(60)45-19-23-11-9-22(10-12-23)18-28(51)47-24(7-4-16-42-34(38)39)30(54)48-25(8-5-17-43-35(40)41)31(55)49-27(20-62)33(58)59/h9-12,21,24-27,62H,2-8,13-20H2,1H3,(H,47,51)(H,48,54)(H,49,55)(H,52,53)(H,56,57)(H,58,59)(H4,38,39,42)(H4,40,41,43)(H2,44,45,60)(H2,46,50,61)/t21-,24+,25+,26+,27+/m1/s1. The summed E-state index contributed by atoms with van der Waals surface area (Å²) in [4.78, 5) is 106. The lowest BCUT2D eigenvalue weighted by atomic mass is 10.1. The molecule has 1 aromatic carbocycles. The van der Waals surface area contributed by atoms with Crippen molar-refractivity contribution in [3.8, 4) is 0 Å². The zero-order valence-electron chi connectivity index (χ0n) is 34.6. The Balaban J connectivity index is 2.71. The van der Waals surface area contributed by atoms with Gasteiger partial charge >= 0.3 is 30.0 Å². The number of amides is 7. The number of hydrogen-bond acceptors (Lipinski definition) is 11. The number of nitrogens with two attached hydrogens (primary N) is 4. The molecule has 0 bridgehead atoms. The van der Waals surface area contributed by atoms with Crippen LogP contribution in [-0.2, 0) is 41.7 Å². The van der Waals surface area contributed by atoms with Crippen LogP contribution >= 0.6 is 12.6 Å². The number of nitrogens with one attached hydrogen (secondary N) is 7. The van der Waals surface area contributed by atoms with E-state index in [0.29, 0.717) is 31.4 Å². The van der Waals surface area contributed by atoms with Gasteiger partial charge in [-0.05, 0) is 69.4 Å². The number of carboxylic acids is 3. The van der Waals surface area contributed by atoms with Gasteiger partial charge in [0.05, 0.1) is 6.42 Å². The lowest BCUT2D eigenvalue weighted by Crippen LogP contribution is -2.56. The summed E-state index contributed by atoms with van der Waals surface area (Å²) >= 11 is 3.97. The number of aliphatic carboxylic acids is 3. The minimum atomic E-state index is -1.34. The molecule has 0 aromatic heterocycles. The van der Waals surface area contributed by atoms with E-state index in [1.54, 1.807) is 31.2 Å². The van der Waals surface area contributed by atoms with Crippen LogP contribution in [0.5, 0.6) is 0 Å². The lowest BCUT2D eigenvalue weighted by Gasteiger charge is -2.24. The van der Waals surface area contributed by atoms with E-state index in [4.69, 9.17) is 28.0 Å². The average molecular weight is 896 g/mol. The fraction of sp³-hybridized carbons (Fsp3) is 0.568. The molecular formula is C37H61N13O11S. The molecule has 0 heterocycles. The molecule has 1 aromatic rings. The van der Waals surface area contributed by atoms with E-state index in [1.165, 1.54) is 0 Å². The van der Waals surface area contributed by atoms with Crippen molar-refractivity contribution in [2.75, 3.05) is 25.4 Å². The van der Waals surface area contributed by atoms with E-state index in [0.717, 1.165) is 5.56 Å². The van der Waals surface area contributed by atoms with Gasteiger partial charge in [0.15, 0.2) is 11.9 Å². The molecule has 7 amide bonds. The van der Waals surface area contributed by atoms with Gasteiger partial charge in [0.25, 0.3) is 0 Å². The van der Waals surface area contributed by atoms with Gasteiger partial charge in [0.2, 0.25) is 17.7 Å². The molecule has 0 saturated carbocycles. The Kier molecular flexibility index (Phi) is 25.6. The lowest BCUT2D eigenvalue weighted by molar-refractivity contribution is -0.142. The van der Waals surface area contributed by atoms with Crippen LogP contribution in [0.15, 0.2) is 34.3 Å². The van der Waals surface area contributed by atoms with Gasteiger partial charge in [0.1, 0.15) is 24.2 Å². The smallest absolute Gasteiger partial charge is 0.327 e. The Morgan fingerprint density at radius 3 is 1.66 bits per heavy atom. The van der Waals surface area contributed by atoms with E-state index in [9.17, 15) is 48.6 Å². The number of thiol groups is 1. The molecule has 62 heavy (non-hydrogen) atoms. The zero-order chi connectivity index (χ0) is 46.6. The molecule has 0 radical (unpaired) electrons. The molecule has 346 valence electrons. The number of aliphatic imine (C=N–C) groups is 2. The maximum Gasteiger partial charge on any atom is 0.327 e. The first-order valence-corrected chi connectivity index (χ1v) is 20.4. The van der Waals surface area contributed by atoms with Crippen molar-refractivity contribution in [1.82, 2.24) is 37.2 Å². The Labute approximate surface area is 364 Å². The summed E-state index contributed by atoms with van der Waals surface area (Å²) in [5.74, 6) is -6.37. The van der Waals surface area contributed by atoms with E-state index < -0.39 is 78.3 Å². The Morgan fingerprint density at radius 1 is 0.613 bits per heavy atom. The first-order chi connectivity index (χ1) is 29.3. The number of urea groups is 2. The van der Waals surface area contributed by atoms with Crippen LogP contribution in [0.1, 0.15) is 75.8 Å². The summed E-state index contributed by atoms with van der Waals surface area (Å²) in [5.41, 5.74) is 22.9. The summed E-state index contributed by atoms with van der Waals surface area (Å²) in [5, 5.41) is 45.3. The highest BCUT2D eigenvalue weighted by molar-refractivity contribution is 7.80. The Hall–Kier alpha value is -6.53. The highest BCUT2D eigenvalue weighted by Gasteiger charge is 2.29. The second kappa shape index (κ2) is 29.7. The van der Waals surface area contributed by atoms with Crippen LogP contribution in [0, 0.1) is 0 Å². The topological polar surface area (TPSA) is 410 Å². The van der Waals surface area contributed by atoms with Gasteiger partial charge in [-0.2, -0.15) is 12.6 Å². The predicted molar refractivity (Wildman–Crippen MR) is 231 cm³/mol. The number of rotatable bonds is 30. The van der Waals surface area contributed by atoms with Crippen LogP contribution in [-0.4, -0.2) is 131 Å². The minimum absolute atomic E-state index is 0.0341. The number of hydrogen-bond donors (Lipinski definition) is 15. The minimum Gasteiger partial charge on any atom is -0.481 e. The second-order valence-corrected chi connectivity index (χ2v) is 14.5. The van der Waals surface area contributed by atoms with E-state index in [-0.39, 0.29) is 81.9 Å². The van der Waals surface area contributed by atoms with Crippen LogP contribution in [0.3, 0.4) is 0 Å². The number of carbonyl (C=O) groups excluding carboxylic acids is 5. The van der Waals surface area contributed by atoms with Gasteiger partial charge in [-0.1, -0.05) is 24.3 Å². The molecule has 0 unspecified atom stereocenters. The monoisotopic (exact) mass is 895 g/mol. The number of benzene rings is 1. The summed E-state index contributed by atoms with van der Waals surface area (Å²) in [6, 6.07) is 0.364. The average Bonchev–Trinajstić information content (AvgIpc) is 3.19. The first-order valence-electron chi connectivity index (χ1n) is 19.8. The van der Waals surface area contributed by atoms with E-state index >= 15 is 0 Å². The van der Waals surface area contributed by atoms with Gasteiger partial charge < -0.3 is 75.5 Å². The van der Waals surface area contributed by atoms with Crippen molar-refractivity contribution in [2.45, 2.75) is 108 Å². The molecule has 0 spiro atoms. The number of guanidine groups is 2. The number of carbonyl (C=O) groups is 8. The molecule has 0 aliphatic rings. The predicted octanol–water partition coefficient (Wildman–Crippen LogP) is -2.22. The number of carboxylic acid groups (broad SMARTS) is 3. The largest absolute Gasteiger partial charge is 0.481 e. The highest BCUT2D eigenvalue weighted by Crippen LogP contribution is 2.09. The van der Waals surface area contributed by atoms with Crippen LogP contribution < -0.4 is 60.2 Å². The maximum atomic E-state index is 13.5.